The maximum atomic E-state index is 14.0. The number of nitrogens with zero attached hydrogens (tertiary/aromatic N) is 3. The molecule has 0 bridgehead atoms. The molecule has 7 nitrogen and oxygen atoms in total. The predicted molar refractivity (Wildman–Crippen MR) is 144 cm³/mol. The van der Waals surface area contributed by atoms with E-state index in [0.29, 0.717) is 19.5 Å². The van der Waals surface area contributed by atoms with Gasteiger partial charge in [-0.1, -0.05) is 50.3 Å². The highest BCUT2D eigenvalue weighted by molar-refractivity contribution is 5.83. The van der Waals surface area contributed by atoms with Crippen LogP contribution in [0.15, 0.2) is 54.2 Å². The van der Waals surface area contributed by atoms with Gasteiger partial charge in [-0.25, -0.2) is 4.79 Å². The van der Waals surface area contributed by atoms with Crippen LogP contribution in [0.25, 0.3) is 0 Å². The van der Waals surface area contributed by atoms with Gasteiger partial charge in [-0.05, 0) is 36.5 Å². The van der Waals surface area contributed by atoms with E-state index in [-0.39, 0.29) is 23.6 Å². The van der Waals surface area contributed by atoms with Crippen LogP contribution in [0, 0.1) is 0 Å². The fraction of sp³-hybridized carbons (Fsp3) is 0.500. The van der Waals surface area contributed by atoms with Crippen molar-refractivity contribution in [2.24, 2.45) is 0 Å². The van der Waals surface area contributed by atoms with Gasteiger partial charge in [0.1, 0.15) is 11.5 Å². The number of hydrogen-bond donors (Lipinski definition) is 1. The first-order chi connectivity index (χ1) is 17.8. The number of hydrogen-bond acceptors (Lipinski definition) is 5. The molecule has 0 aliphatic carbocycles. The van der Waals surface area contributed by atoms with Gasteiger partial charge in [-0.3, -0.25) is 9.80 Å². The number of amides is 2. The van der Waals surface area contributed by atoms with Crippen LogP contribution in [0.4, 0.5) is 4.79 Å². The van der Waals surface area contributed by atoms with E-state index < -0.39 is 0 Å². The van der Waals surface area contributed by atoms with Gasteiger partial charge in [0.25, 0.3) is 0 Å². The Bertz CT molecular complexity index is 1170. The number of carbonyl (C=O) groups excluding carboxylic acids is 1. The smallest absolute Gasteiger partial charge is 0.325 e. The lowest BCUT2D eigenvalue weighted by Gasteiger charge is -2.45. The lowest BCUT2D eigenvalue weighted by molar-refractivity contribution is 0.0815. The van der Waals surface area contributed by atoms with Crippen molar-refractivity contribution >= 4 is 6.03 Å². The normalized spacial score (nSPS) is 20.4. The number of rotatable bonds is 7. The molecular formula is C30H39N3O4. The molecule has 37 heavy (non-hydrogen) atoms. The predicted octanol–water partition coefficient (Wildman–Crippen LogP) is 4.53. The number of ether oxygens (including phenoxy) is 2. The number of urea groups is 1. The number of aliphatic hydroxyl groups excluding tert-OH is 1. The van der Waals surface area contributed by atoms with Crippen LogP contribution in [-0.2, 0) is 18.5 Å². The number of aliphatic hydroxyl groups is 1. The van der Waals surface area contributed by atoms with Crippen LogP contribution in [-0.4, -0.2) is 71.8 Å². The van der Waals surface area contributed by atoms with E-state index in [4.69, 9.17) is 9.47 Å². The van der Waals surface area contributed by atoms with Crippen LogP contribution in [0.3, 0.4) is 0 Å². The molecule has 1 spiro atoms. The summed E-state index contributed by atoms with van der Waals surface area (Å²) in [4.78, 5) is 20.5. The number of methoxy groups -OCH3 is 2. The molecule has 3 aliphatic heterocycles. The number of carbonyl (C=O) groups is 1. The van der Waals surface area contributed by atoms with Gasteiger partial charge in [0.15, 0.2) is 0 Å². The minimum Gasteiger partial charge on any atom is -0.497 e. The molecule has 198 valence electrons. The Morgan fingerprint density at radius 1 is 1.03 bits per heavy atom. The second-order valence-electron chi connectivity index (χ2n) is 11.0. The van der Waals surface area contributed by atoms with Crippen LogP contribution < -0.4 is 9.47 Å². The van der Waals surface area contributed by atoms with E-state index in [1.54, 1.807) is 14.2 Å². The molecule has 3 aliphatic rings. The standard InChI is InChI=1S/C30H39N3O4/c1-29(2)19-26-30(11-14-31(15-12-30)20-22-9-6-5-7-10-22)33(13-8-16-34)28(35)32(26)21-23-17-24(36-3)18-25(37-4)27(23)29/h5-7,9-10,17-19,34H,8,11-16,20-21H2,1-4H3. The molecule has 2 amide bonds. The third kappa shape index (κ3) is 4.48. The minimum absolute atomic E-state index is 0.0293. The van der Waals surface area contributed by atoms with Gasteiger partial charge in [0, 0.05) is 55.5 Å². The zero-order chi connectivity index (χ0) is 26.2. The zero-order valence-electron chi connectivity index (χ0n) is 22.5. The van der Waals surface area contributed by atoms with Crippen molar-refractivity contribution in [2.45, 2.75) is 57.2 Å². The van der Waals surface area contributed by atoms with Crippen LogP contribution in [0.1, 0.15) is 49.8 Å². The molecule has 0 radical (unpaired) electrons. The van der Waals surface area contributed by atoms with Gasteiger partial charge in [-0.15, -0.1) is 0 Å². The topological polar surface area (TPSA) is 65.5 Å². The summed E-state index contributed by atoms with van der Waals surface area (Å²) in [5.74, 6) is 1.51. The summed E-state index contributed by atoms with van der Waals surface area (Å²) in [6.07, 6.45) is 4.61. The number of fused-ring (bicyclic) bond motifs is 3. The number of piperidine rings is 1. The molecule has 0 saturated carbocycles. The summed E-state index contributed by atoms with van der Waals surface area (Å²) in [5.41, 5.74) is 3.82. The molecule has 1 N–H and O–H groups in total. The molecule has 0 unspecified atom stereocenters. The Balaban J connectivity index is 1.53. The fourth-order valence-corrected chi connectivity index (χ4v) is 6.54. The molecule has 5 rings (SSSR count). The fourth-order valence-electron chi connectivity index (χ4n) is 6.54. The molecule has 0 atom stereocenters. The average molecular weight is 506 g/mol. The van der Waals surface area contributed by atoms with E-state index in [1.807, 2.05) is 21.9 Å². The first-order valence-corrected chi connectivity index (χ1v) is 13.3. The van der Waals surface area contributed by atoms with E-state index in [2.05, 4.69) is 55.2 Å². The van der Waals surface area contributed by atoms with Crippen LogP contribution in [0.2, 0.25) is 0 Å². The molecule has 2 aromatic rings. The molecule has 3 heterocycles. The monoisotopic (exact) mass is 505 g/mol. The first kappa shape index (κ1) is 25.6. The van der Waals surface area contributed by atoms with Crippen molar-refractivity contribution in [1.82, 2.24) is 14.7 Å². The van der Waals surface area contributed by atoms with Crippen molar-refractivity contribution in [1.29, 1.82) is 0 Å². The number of allylic oxidation sites excluding steroid dienone is 1. The van der Waals surface area contributed by atoms with Crippen molar-refractivity contribution in [3.05, 3.63) is 70.9 Å². The summed E-state index contributed by atoms with van der Waals surface area (Å²) in [7, 11) is 3.35. The van der Waals surface area contributed by atoms with Gasteiger partial charge in [0.2, 0.25) is 0 Å². The van der Waals surface area contributed by atoms with Crippen molar-refractivity contribution in [2.75, 3.05) is 40.5 Å². The highest BCUT2D eigenvalue weighted by Crippen LogP contribution is 2.50. The van der Waals surface area contributed by atoms with Gasteiger partial charge >= 0.3 is 6.03 Å². The molecule has 7 heteroatoms. The maximum Gasteiger partial charge on any atom is 0.325 e. The molecule has 2 saturated heterocycles. The Labute approximate surface area is 220 Å². The molecule has 2 fully saturated rings. The molecule has 0 aromatic heterocycles. The highest BCUT2D eigenvalue weighted by atomic mass is 16.5. The lowest BCUT2D eigenvalue weighted by Crippen LogP contribution is -2.54. The molecule has 2 aromatic carbocycles. The van der Waals surface area contributed by atoms with Crippen LogP contribution >= 0.6 is 0 Å². The Hall–Kier alpha value is -3.03. The average Bonchev–Trinajstić information content (AvgIpc) is 3.01. The summed E-state index contributed by atoms with van der Waals surface area (Å²) in [6.45, 7) is 8.24. The zero-order valence-corrected chi connectivity index (χ0v) is 22.5. The van der Waals surface area contributed by atoms with Gasteiger partial charge in [0.05, 0.1) is 26.3 Å². The largest absolute Gasteiger partial charge is 0.497 e. The van der Waals surface area contributed by atoms with Crippen molar-refractivity contribution in [3.8, 4) is 11.5 Å². The van der Waals surface area contributed by atoms with Crippen molar-refractivity contribution in [3.63, 3.8) is 0 Å². The van der Waals surface area contributed by atoms with Crippen molar-refractivity contribution < 1.29 is 19.4 Å². The van der Waals surface area contributed by atoms with Crippen LogP contribution in [0.5, 0.6) is 11.5 Å². The first-order valence-electron chi connectivity index (χ1n) is 13.3. The van der Waals surface area contributed by atoms with E-state index >= 15 is 0 Å². The highest BCUT2D eigenvalue weighted by Gasteiger charge is 2.55. The Kier molecular flexibility index (Phi) is 6.94. The Morgan fingerprint density at radius 2 is 1.76 bits per heavy atom. The third-order valence-corrected chi connectivity index (χ3v) is 8.30. The van der Waals surface area contributed by atoms with E-state index in [0.717, 1.165) is 60.8 Å². The second-order valence-corrected chi connectivity index (χ2v) is 11.0. The summed E-state index contributed by atoms with van der Waals surface area (Å²) in [5, 5.41) is 9.64. The maximum absolute atomic E-state index is 14.0. The quantitative estimate of drug-likeness (QED) is 0.599. The molecular weight excluding hydrogens is 466 g/mol. The summed E-state index contributed by atoms with van der Waals surface area (Å²) < 4.78 is 11.4. The third-order valence-electron chi connectivity index (χ3n) is 8.30. The number of likely N-dealkylation sites (tertiary alicyclic amines) is 1. The SMILES string of the molecule is COc1cc2c(c(OC)c1)C(C)(C)C=C1N(C2)C(=O)N(CCCO)C12CCN(Cc1ccccc1)CC2. The Morgan fingerprint density at radius 3 is 2.41 bits per heavy atom. The van der Waals surface area contributed by atoms with Gasteiger partial charge < -0.3 is 19.5 Å². The minimum atomic E-state index is -0.379. The van der Waals surface area contributed by atoms with E-state index in [1.165, 1.54) is 5.56 Å². The lowest BCUT2D eigenvalue weighted by atomic mass is 9.77. The second kappa shape index (κ2) is 10.0. The summed E-state index contributed by atoms with van der Waals surface area (Å²) in [6, 6.07) is 14.6. The van der Waals surface area contributed by atoms with E-state index in [9.17, 15) is 9.90 Å². The summed E-state index contributed by atoms with van der Waals surface area (Å²) >= 11 is 0. The van der Waals surface area contributed by atoms with Gasteiger partial charge in [-0.2, -0.15) is 0 Å². The number of benzene rings is 2.